The molecule has 0 aromatic carbocycles. The van der Waals surface area contributed by atoms with Crippen molar-refractivity contribution in [1.82, 2.24) is 4.57 Å². The second kappa shape index (κ2) is 6.46. The third-order valence-electron chi connectivity index (χ3n) is 2.39. The van der Waals surface area contributed by atoms with E-state index in [-0.39, 0.29) is 16.9 Å². The van der Waals surface area contributed by atoms with Crippen LogP contribution in [0.25, 0.3) is 0 Å². The quantitative estimate of drug-likeness (QED) is 0.700. The number of nitrogens with zero attached hydrogens (tertiary/aromatic N) is 1. The van der Waals surface area contributed by atoms with E-state index in [1.807, 2.05) is 6.92 Å². The van der Waals surface area contributed by atoms with Crippen molar-refractivity contribution in [3.05, 3.63) is 28.7 Å². The first-order chi connectivity index (χ1) is 8.45. The molecule has 0 aliphatic rings. The lowest BCUT2D eigenvalue weighted by molar-refractivity contribution is -0.137. The van der Waals surface area contributed by atoms with Crippen molar-refractivity contribution in [3.8, 4) is 5.75 Å². The van der Waals surface area contributed by atoms with Gasteiger partial charge in [0.15, 0.2) is 5.75 Å². The normalized spacial score (nSPS) is 14.1. The van der Waals surface area contributed by atoms with E-state index in [0.29, 0.717) is 0 Å². The Kier molecular flexibility index (Phi) is 5.24. The summed E-state index contributed by atoms with van der Waals surface area (Å²) in [6.45, 7) is 1.93. The number of aromatic hydroxyl groups is 1. The number of nitrogens with two attached hydrogens (primary N) is 1. The van der Waals surface area contributed by atoms with E-state index in [4.69, 9.17) is 10.8 Å². The van der Waals surface area contributed by atoms with E-state index in [9.17, 15) is 14.7 Å². The van der Waals surface area contributed by atoms with Crippen LogP contribution in [0.15, 0.2) is 23.3 Å². The van der Waals surface area contributed by atoms with Gasteiger partial charge < -0.3 is 20.5 Å². The summed E-state index contributed by atoms with van der Waals surface area (Å²) in [4.78, 5) is 21.7. The number of pyridine rings is 1. The van der Waals surface area contributed by atoms with E-state index in [1.165, 1.54) is 24.0 Å². The summed E-state index contributed by atoms with van der Waals surface area (Å²) in [7, 11) is 0. The van der Waals surface area contributed by atoms with E-state index in [1.54, 1.807) is 10.8 Å². The van der Waals surface area contributed by atoms with Gasteiger partial charge in [0.25, 0.3) is 0 Å². The molecule has 0 fully saturated rings. The highest BCUT2D eigenvalue weighted by Crippen LogP contribution is 2.26. The lowest BCUT2D eigenvalue weighted by Crippen LogP contribution is -2.33. The summed E-state index contributed by atoms with van der Waals surface area (Å²) < 4.78 is 1.68. The Morgan fingerprint density at radius 1 is 1.61 bits per heavy atom. The number of rotatable bonds is 6. The highest BCUT2D eigenvalue weighted by Gasteiger charge is 2.16. The molecular weight excluding hydrogens is 256 g/mol. The molecule has 1 aromatic heterocycles. The molecule has 7 heteroatoms. The first-order valence-corrected chi connectivity index (χ1v) is 6.51. The molecular formula is C11H16N2O4S. The van der Waals surface area contributed by atoms with Gasteiger partial charge in [0.2, 0.25) is 5.43 Å². The first-order valence-electron chi connectivity index (χ1n) is 5.46. The number of aromatic nitrogens is 1. The van der Waals surface area contributed by atoms with Gasteiger partial charge in [0.05, 0.1) is 11.6 Å². The molecule has 0 radical (unpaired) electrons. The second-order valence-electron chi connectivity index (χ2n) is 3.78. The van der Waals surface area contributed by atoms with Gasteiger partial charge in [-0.05, 0) is 6.42 Å². The van der Waals surface area contributed by atoms with Crippen LogP contribution in [0.4, 0.5) is 0 Å². The largest absolute Gasteiger partial charge is 0.503 e. The van der Waals surface area contributed by atoms with Crippen molar-refractivity contribution in [2.24, 2.45) is 5.73 Å². The molecule has 0 amide bonds. The van der Waals surface area contributed by atoms with Crippen LogP contribution in [-0.4, -0.2) is 32.5 Å². The van der Waals surface area contributed by atoms with Crippen molar-refractivity contribution in [2.75, 3.05) is 5.75 Å². The number of aliphatic carboxylic acids is 1. The predicted molar refractivity (Wildman–Crippen MR) is 69.8 cm³/mol. The van der Waals surface area contributed by atoms with Gasteiger partial charge in [-0.25, -0.2) is 0 Å². The maximum absolute atomic E-state index is 11.1. The summed E-state index contributed by atoms with van der Waals surface area (Å²) in [5.41, 5.74) is 4.99. The number of carbonyl (C=O) groups is 1. The molecule has 1 heterocycles. The minimum Gasteiger partial charge on any atom is -0.503 e. The summed E-state index contributed by atoms with van der Waals surface area (Å²) in [6, 6.07) is 0.354. The molecule has 0 saturated heterocycles. The van der Waals surface area contributed by atoms with E-state index in [2.05, 4.69) is 0 Å². The van der Waals surface area contributed by atoms with E-state index in [0.717, 1.165) is 6.42 Å². The molecule has 0 aliphatic carbocycles. The fourth-order valence-electron chi connectivity index (χ4n) is 1.37. The van der Waals surface area contributed by atoms with E-state index < -0.39 is 17.4 Å². The van der Waals surface area contributed by atoms with Crippen LogP contribution in [-0.2, 0) is 4.79 Å². The molecule has 1 rings (SSSR count). The monoisotopic (exact) mass is 272 g/mol. The topological polar surface area (TPSA) is 106 Å². The molecule has 18 heavy (non-hydrogen) atoms. The standard InChI is InChI=1S/C11H16N2O4S/c1-2-10(18-6-7(12)11(16)17)13-4-3-8(14)9(15)5-13/h3-5,7,10,15H,2,6,12H2,1H3,(H,16,17)/t7-,10?/m1/s1. The molecule has 1 unspecified atom stereocenters. The smallest absolute Gasteiger partial charge is 0.321 e. The number of carboxylic acids is 1. The average Bonchev–Trinajstić information content (AvgIpc) is 2.33. The Hall–Kier alpha value is -1.47. The first kappa shape index (κ1) is 14.6. The lowest BCUT2D eigenvalue weighted by atomic mass is 10.4. The average molecular weight is 272 g/mol. The number of hydrogen-bond donors (Lipinski definition) is 3. The van der Waals surface area contributed by atoms with Gasteiger partial charge in [0, 0.05) is 18.0 Å². The van der Waals surface area contributed by atoms with Crippen LogP contribution in [0.1, 0.15) is 18.7 Å². The lowest BCUT2D eigenvalue weighted by Gasteiger charge is -2.19. The highest BCUT2D eigenvalue weighted by atomic mass is 32.2. The summed E-state index contributed by atoms with van der Waals surface area (Å²) in [5, 5.41) is 18.0. The van der Waals surface area contributed by atoms with Crippen molar-refractivity contribution in [3.63, 3.8) is 0 Å². The molecule has 0 aliphatic heterocycles. The van der Waals surface area contributed by atoms with E-state index >= 15 is 0 Å². The van der Waals surface area contributed by atoms with Crippen LogP contribution in [0.3, 0.4) is 0 Å². The van der Waals surface area contributed by atoms with Gasteiger partial charge in [-0.2, -0.15) is 0 Å². The predicted octanol–water partition coefficient (Wildman–Crippen LogP) is 0.608. The Bertz CT molecular complexity index is 474. The van der Waals surface area contributed by atoms with Crippen molar-refractivity contribution in [1.29, 1.82) is 0 Å². The summed E-state index contributed by atoms with van der Waals surface area (Å²) >= 11 is 1.37. The molecule has 1 aromatic rings. The second-order valence-corrected chi connectivity index (χ2v) is 4.99. The fraction of sp³-hybridized carbons (Fsp3) is 0.455. The van der Waals surface area contributed by atoms with Gasteiger partial charge in [-0.15, -0.1) is 11.8 Å². The zero-order chi connectivity index (χ0) is 13.7. The maximum Gasteiger partial charge on any atom is 0.321 e. The molecule has 2 atom stereocenters. The Balaban J connectivity index is 2.74. The molecule has 0 spiro atoms. The zero-order valence-corrected chi connectivity index (χ0v) is 10.8. The van der Waals surface area contributed by atoms with Crippen LogP contribution in [0.2, 0.25) is 0 Å². The van der Waals surface area contributed by atoms with Gasteiger partial charge in [-0.3, -0.25) is 9.59 Å². The van der Waals surface area contributed by atoms with Crippen LogP contribution in [0, 0.1) is 0 Å². The maximum atomic E-state index is 11.1. The third-order valence-corrected chi connectivity index (χ3v) is 3.90. The summed E-state index contributed by atoms with van der Waals surface area (Å²) in [5.74, 6) is -1.10. The third kappa shape index (κ3) is 3.78. The fourth-order valence-corrected chi connectivity index (χ4v) is 2.48. The molecule has 0 saturated carbocycles. The van der Waals surface area contributed by atoms with Crippen LogP contribution in [0.5, 0.6) is 5.75 Å². The van der Waals surface area contributed by atoms with Crippen LogP contribution < -0.4 is 11.2 Å². The van der Waals surface area contributed by atoms with Gasteiger partial charge in [0.1, 0.15) is 6.04 Å². The highest BCUT2D eigenvalue weighted by molar-refractivity contribution is 7.99. The SMILES string of the molecule is CCC(SC[C@@H](N)C(=O)O)n1ccc(=O)c(O)c1. The number of thioether (sulfide) groups is 1. The van der Waals surface area contributed by atoms with Gasteiger partial charge >= 0.3 is 5.97 Å². The van der Waals surface area contributed by atoms with Crippen molar-refractivity contribution in [2.45, 2.75) is 24.8 Å². The van der Waals surface area contributed by atoms with Gasteiger partial charge in [-0.1, -0.05) is 6.92 Å². The molecule has 100 valence electrons. The number of hydrogen-bond acceptors (Lipinski definition) is 5. The Morgan fingerprint density at radius 3 is 2.78 bits per heavy atom. The molecule has 0 bridgehead atoms. The molecule has 4 N–H and O–H groups in total. The zero-order valence-electron chi connectivity index (χ0n) is 9.94. The van der Waals surface area contributed by atoms with Crippen LogP contribution >= 0.6 is 11.8 Å². The van der Waals surface area contributed by atoms with Crippen molar-refractivity contribution >= 4 is 17.7 Å². The van der Waals surface area contributed by atoms with Crippen molar-refractivity contribution < 1.29 is 15.0 Å². The number of carboxylic acid groups (broad SMARTS) is 1. The Morgan fingerprint density at radius 2 is 2.28 bits per heavy atom. The summed E-state index contributed by atoms with van der Waals surface area (Å²) in [6.07, 6.45) is 3.63. The minimum absolute atomic E-state index is 0.0677. The Labute approximate surface area is 108 Å². The minimum atomic E-state index is -1.04. The molecule has 6 nitrogen and oxygen atoms in total.